The summed E-state index contributed by atoms with van der Waals surface area (Å²) in [6.45, 7) is 0. The standard InChI is InChI=1S/C17H20N4O2/c22-15-9-10-16(23)21(15)12-7-5-11(6-8-12)18-17-19-13-3-1-2-4-14(13)20-17/h1-4,11-12H,5-10H2,(H2,18,19,20). The number of fused-ring (bicyclic) bond motifs is 1. The number of amides is 2. The van der Waals surface area contributed by atoms with Crippen LogP contribution < -0.4 is 5.32 Å². The summed E-state index contributed by atoms with van der Waals surface area (Å²) in [5.74, 6) is 0.801. The number of nitrogens with zero attached hydrogens (tertiary/aromatic N) is 2. The molecule has 2 aliphatic rings. The predicted molar refractivity (Wildman–Crippen MR) is 86.8 cm³/mol. The number of hydrogen-bond donors (Lipinski definition) is 2. The van der Waals surface area contributed by atoms with Gasteiger partial charge in [0.05, 0.1) is 11.0 Å². The van der Waals surface area contributed by atoms with E-state index in [2.05, 4.69) is 15.3 Å². The van der Waals surface area contributed by atoms with E-state index in [4.69, 9.17) is 0 Å². The third-order valence-corrected chi connectivity index (χ3v) is 4.88. The van der Waals surface area contributed by atoms with E-state index in [-0.39, 0.29) is 17.9 Å². The fourth-order valence-corrected chi connectivity index (χ4v) is 3.69. The number of imidazole rings is 1. The summed E-state index contributed by atoms with van der Waals surface area (Å²) < 4.78 is 0. The van der Waals surface area contributed by atoms with Crippen LogP contribution in [0.25, 0.3) is 11.0 Å². The summed E-state index contributed by atoms with van der Waals surface area (Å²) in [6.07, 6.45) is 4.40. The molecule has 6 heteroatoms. The van der Waals surface area contributed by atoms with Gasteiger partial charge in [-0.2, -0.15) is 0 Å². The molecule has 2 N–H and O–H groups in total. The zero-order valence-corrected chi connectivity index (χ0v) is 12.9. The minimum absolute atomic E-state index is 0.00342. The highest BCUT2D eigenvalue weighted by atomic mass is 16.2. The summed E-state index contributed by atoms with van der Waals surface area (Å²) in [7, 11) is 0. The van der Waals surface area contributed by atoms with E-state index >= 15 is 0 Å². The average Bonchev–Trinajstić information content (AvgIpc) is 3.11. The van der Waals surface area contributed by atoms with E-state index in [1.165, 1.54) is 4.90 Å². The van der Waals surface area contributed by atoms with Crippen LogP contribution >= 0.6 is 0 Å². The maximum absolute atomic E-state index is 11.8. The average molecular weight is 312 g/mol. The lowest BCUT2D eigenvalue weighted by Gasteiger charge is -2.33. The molecule has 1 saturated carbocycles. The number of benzene rings is 1. The molecular formula is C17H20N4O2. The van der Waals surface area contributed by atoms with Crippen molar-refractivity contribution >= 4 is 28.8 Å². The number of hydrogen-bond acceptors (Lipinski definition) is 4. The zero-order chi connectivity index (χ0) is 15.8. The number of nitrogens with one attached hydrogen (secondary N) is 2. The van der Waals surface area contributed by atoms with Crippen LogP contribution in [0.4, 0.5) is 5.95 Å². The molecule has 120 valence electrons. The van der Waals surface area contributed by atoms with Crippen molar-refractivity contribution in [3.05, 3.63) is 24.3 Å². The zero-order valence-electron chi connectivity index (χ0n) is 12.9. The molecule has 2 fully saturated rings. The number of anilines is 1. The molecule has 0 atom stereocenters. The monoisotopic (exact) mass is 312 g/mol. The van der Waals surface area contributed by atoms with Gasteiger partial charge in [-0.15, -0.1) is 0 Å². The van der Waals surface area contributed by atoms with Gasteiger partial charge in [-0.05, 0) is 37.8 Å². The van der Waals surface area contributed by atoms with Crippen LogP contribution in [0.15, 0.2) is 24.3 Å². The van der Waals surface area contributed by atoms with Gasteiger partial charge in [-0.25, -0.2) is 4.98 Å². The molecule has 6 nitrogen and oxygen atoms in total. The maximum atomic E-state index is 11.8. The van der Waals surface area contributed by atoms with Gasteiger partial charge in [-0.1, -0.05) is 12.1 Å². The minimum atomic E-state index is 0.00342. The number of H-pyrrole nitrogens is 1. The first-order valence-corrected chi connectivity index (χ1v) is 8.27. The molecule has 23 heavy (non-hydrogen) atoms. The first-order valence-electron chi connectivity index (χ1n) is 8.27. The van der Waals surface area contributed by atoms with Gasteiger partial charge in [-0.3, -0.25) is 14.5 Å². The van der Waals surface area contributed by atoms with Crippen LogP contribution in [0.3, 0.4) is 0 Å². The van der Waals surface area contributed by atoms with Crippen LogP contribution in [-0.4, -0.2) is 38.8 Å². The van der Waals surface area contributed by atoms with Crippen molar-refractivity contribution in [3.63, 3.8) is 0 Å². The second-order valence-corrected chi connectivity index (χ2v) is 6.41. The van der Waals surface area contributed by atoms with Gasteiger partial charge in [0, 0.05) is 24.9 Å². The molecular weight excluding hydrogens is 292 g/mol. The first kappa shape index (κ1) is 14.2. The Balaban J connectivity index is 1.38. The van der Waals surface area contributed by atoms with E-state index in [1.54, 1.807) is 0 Å². The van der Waals surface area contributed by atoms with Crippen molar-refractivity contribution in [1.82, 2.24) is 14.9 Å². The van der Waals surface area contributed by atoms with Crippen LogP contribution in [0.1, 0.15) is 38.5 Å². The highest BCUT2D eigenvalue weighted by Gasteiger charge is 2.36. The first-order chi connectivity index (χ1) is 11.2. The summed E-state index contributed by atoms with van der Waals surface area (Å²) in [5, 5.41) is 3.45. The Morgan fingerprint density at radius 1 is 1.04 bits per heavy atom. The summed E-state index contributed by atoms with van der Waals surface area (Å²) in [4.78, 5) is 33.0. The van der Waals surface area contributed by atoms with Gasteiger partial charge in [0.2, 0.25) is 17.8 Å². The molecule has 0 unspecified atom stereocenters. The number of likely N-dealkylation sites (tertiary alicyclic amines) is 1. The van der Waals surface area contributed by atoms with E-state index in [0.29, 0.717) is 18.9 Å². The maximum Gasteiger partial charge on any atom is 0.229 e. The van der Waals surface area contributed by atoms with Crippen LogP contribution in [0, 0.1) is 0 Å². The number of aromatic nitrogens is 2. The Bertz CT molecular complexity index is 697. The molecule has 1 saturated heterocycles. The molecule has 1 aromatic heterocycles. The molecule has 0 radical (unpaired) electrons. The molecule has 2 heterocycles. The fraction of sp³-hybridized carbons (Fsp3) is 0.471. The summed E-state index contributed by atoms with van der Waals surface area (Å²) >= 11 is 0. The van der Waals surface area contributed by atoms with Crippen molar-refractivity contribution in [2.75, 3.05) is 5.32 Å². The highest BCUT2D eigenvalue weighted by molar-refractivity contribution is 6.02. The smallest absolute Gasteiger partial charge is 0.229 e. The topological polar surface area (TPSA) is 78.1 Å². The Morgan fingerprint density at radius 3 is 2.43 bits per heavy atom. The number of para-hydroxylation sites is 2. The number of aromatic amines is 1. The van der Waals surface area contributed by atoms with Crippen LogP contribution in [0.2, 0.25) is 0 Å². The van der Waals surface area contributed by atoms with E-state index < -0.39 is 0 Å². The number of rotatable bonds is 3. The molecule has 1 aliphatic carbocycles. The second kappa shape index (κ2) is 5.68. The lowest BCUT2D eigenvalue weighted by atomic mass is 9.90. The lowest BCUT2D eigenvalue weighted by Crippen LogP contribution is -2.43. The molecule has 1 aliphatic heterocycles. The van der Waals surface area contributed by atoms with Gasteiger partial charge in [0.25, 0.3) is 0 Å². The van der Waals surface area contributed by atoms with Crippen molar-refractivity contribution in [1.29, 1.82) is 0 Å². The molecule has 2 amide bonds. The summed E-state index contributed by atoms with van der Waals surface area (Å²) in [6, 6.07) is 8.38. The minimum Gasteiger partial charge on any atom is -0.353 e. The molecule has 2 aromatic rings. The van der Waals surface area contributed by atoms with Crippen molar-refractivity contribution in [2.45, 2.75) is 50.6 Å². The lowest BCUT2D eigenvalue weighted by molar-refractivity contribution is -0.141. The molecule has 0 bridgehead atoms. The highest BCUT2D eigenvalue weighted by Crippen LogP contribution is 2.28. The fourth-order valence-electron chi connectivity index (χ4n) is 3.69. The van der Waals surface area contributed by atoms with E-state index in [9.17, 15) is 9.59 Å². The Labute approximate surface area is 134 Å². The quantitative estimate of drug-likeness (QED) is 0.853. The van der Waals surface area contributed by atoms with Gasteiger partial charge in [0.15, 0.2) is 0 Å². The number of carbonyl (C=O) groups is 2. The van der Waals surface area contributed by atoms with Crippen LogP contribution in [-0.2, 0) is 9.59 Å². The van der Waals surface area contributed by atoms with Gasteiger partial charge < -0.3 is 10.3 Å². The van der Waals surface area contributed by atoms with Gasteiger partial charge in [0.1, 0.15) is 0 Å². The van der Waals surface area contributed by atoms with Gasteiger partial charge >= 0.3 is 0 Å². The number of imide groups is 1. The van der Waals surface area contributed by atoms with E-state index in [1.807, 2.05) is 24.3 Å². The Kier molecular flexibility index (Phi) is 3.52. The summed E-state index contributed by atoms with van der Waals surface area (Å²) in [5.41, 5.74) is 1.98. The second-order valence-electron chi connectivity index (χ2n) is 6.41. The van der Waals surface area contributed by atoms with Crippen molar-refractivity contribution in [2.24, 2.45) is 0 Å². The SMILES string of the molecule is O=C1CCC(=O)N1C1CCC(Nc2nc3ccccc3[nH]2)CC1. The third-order valence-electron chi connectivity index (χ3n) is 4.88. The third kappa shape index (κ3) is 2.69. The Hall–Kier alpha value is -2.37. The van der Waals surface area contributed by atoms with Crippen LogP contribution in [0.5, 0.6) is 0 Å². The molecule has 0 spiro atoms. The van der Waals surface area contributed by atoms with Crippen molar-refractivity contribution in [3.8, 4) is 0 Å². The largest absolute Gasteiger partial charge is 0.353 e. The molecule has 4 rings (SSSR count). The Morgan fingerprint density at radius 2 is 1.74 bits per heavy atom. The molecule has 1 aromatic carbocycles. The normalized spacial score (nSPS) is 25.3. The van der Waals surface area contributed by atoms with Crippen molar-refractivity contribution < 1.29 is 9.59 Å². The number of carbonyl (C=O) groups excluding carboxylic acids is 2. The predicted octanol–water partition coefficient (Wildman–Crippen LogP) is 2.44. The van der Waals surface area contributed by atoms with E-state index in [0.717, 1.165) is 42.7 Å².